The number of nitrogens with one attached hydrogen (secondary N) is 2. The maximum Gasteiger partial charge on any atom is 0.428 e. The first kappa shape index (κ1) is 27.0. The van der Waals surface area contributed by atoms with Gasteiger partial charge in [-0.3, -0.25) is 5.32 Å². The molecule has 0 spiro atoms. The number of benzene rings is 4. The topological polar surface area (TPSA) is 80.4 Å². The summed E-state index contributed by atoms with van der Waals surface area (Å²) < 4.78 is 11.3. The Morgan fingerprint density at radius 3 is 2.33 bits per heavy atom. The van der Waals surface area contributed by atoms with Gasteiger partial charge in [-0.25, -0.2) is 9.59 Å². The van der Waals surface area contributed by atoms with Crippen LogP contribution in [0.15, 0.2) is 97.1 Å². The number of nitrogens with zero attached hydrogens (tertiary/aromatic N) is 1. The Bertz CT molecular complexity index is 1810. The van der Waals surface area contributed by atoms with Gasteiger partial charge in [0.2, 0.25) is 0 Å². The second-order valence-electron chi connectivity index (χ2n) is 11.5. The monoisotopic (exact) mass is 572 g/mol. The summed E-state index contributed by atoms with van der Waals surface area (Å²) >= 11 is 0. The minimum Gasteiger partial charge on any atom is -0.486 e. The van der Waals surface area contributed by atoms with Gasteiger partial charge in [0.1, 0.15) is 19.3 Å². The molecule has 7 heteroatoms. The van der Waals surface area contributed by atoms with Crippen molar-refractivity contribution in [3.8, 4) is 33.9 Å². The Labute approximate surface area is 250 Å². The average Bonchev–Trinajstić information content (AvgIpc) is 3.65. The molecule has 0 bridgehead atoms. The van der Waals surface area contributed by atoms with E-state index in [0.717, 1.165) is 63.2 Å². The maximum atomic E-state index is 13.7. The Hall–Kier alpha value is -4.88. The molecule has 2 aliphatic heterocycles. The zero-order valence-corrected chi connectivity index (χ0v) is 24.1. The summed E-state index contributed by atoms with van der Waals surface area (Å²) in [6.45, 7) is 3.67. The predicted octanol–water partition coefficient (Wildman–Crippen LogP) is 7.57. The summed E-state index contributed by atoms with van der Waals surface area (Å²) in [5.74, 6) is 1.50. The Morgan fingerprint density at radius 2 is 1.56 bits per heavy atom. The molecule has 1 unspecified atom stereocenters. The van der Waals surface area contributed by atoms with Crippen LogP contribution < -0.4 is 14.8 Å². The van der Waals surface area contributed by atoms with E-state index in [4.69, 9.17) is 9.47 Å². The normalized spacial score (nSPS) is 19.3. The van der Waals surface area contributed by atoms with E-state index in [1.54, 1.807) is 0 Å². The SMILES string of the molecule is C[C@@H]1CCC[N+]1(C(=O)Cc1ccccc1)C(=O)Nc1ccc(-c2cc3cc(-c4ccc5c(c4)OCCO5)ccc3[nH]2)cc1. The fourth-order valence-corrected chi connectivity index (χ4v) is 6.42. The molecule has 0 radical (unpaired) electrons. The second kappa shape index (κ2) is 11.1. The number of fused-ring (bicyclic) bond motifs is 2. The maximum absolute atomic E-state index is 13.7. The zero-order chi connectivity index (χ0) is 29.4. The smallest absolute Gasteiger partial charge is 0.428 e. The van der Waals surface area contributed by atoms with E-state index in [1.165, 1.54) is 0 Å². The molecule has 1 fully saturated rings. The van der Waals surface area contributed by atoms with Gasteiger partial charge in [0.25, 0.3) is 0 Å². The number of aromatic amines is 1. The molecule has 0 aliphatic carbocycles. The van der Waals surface area contributed by atoms with Gasteiger partial charge >= 0.3 is 11.9 Å². The molecule has 7 nitrogen and oxygen atoms in total. The molecule has 2 aliphatic rings. The molecule has 216 valence electrons. The van der Waals surface area contributed by atoms with Crippen LogP contribution in [0.4, 0.5) is 10.5 Å². The summed E-state index contributed by atoms with van der Waals surface area (Å²) in [4.78, 5) is 30.8. The van der Waals surface area contributed by atoms with Crippen LogP contribution in [0.1, 0.15) is 25.3 Å². The summed E-state index contributed by atoms with van der Waals surface area (Å²) in [7, 11) is 0. The minimum atomic E-state index is -0.254. The third-order valence-corrected chi connectivity index (χ3v) is 8.83. The van der Waals surface area contributed by atoms with E-state index < -0.39 is 0 Å². The van der Waals surface area contributed by atoms with Crippen LogP contribution in [0.25, 0.3) is 33.3 Å². The van der Waals surface area contributed by atoms with Crippen molar-refractivity contribution < 1.29 is 23.5 Å². The molecule has 4 aromatic carbocycles. The van der Waals surface area contributed by atoms with Crippen molar-refractivity contribution in [1.82, 2.24) is 4.98 Å². The number of H-pyrrole nitrogens is 1. The van der Waals surface area contributed by atoms with E-state index in [-0.39, 0.29) is 28.9 Å². The van der Waals surface area contributed by atoms with Gasteiger partial charge in [0, 0.05) is 35.1 Å². The van der Waals surface area contributed by atoms with E-state index in [2.05, 4.69) is 40.6 Å². The minimum absolute atomic E-state index is 0.0565. The lowest BCUT2D eigenvalue weighted by molar-refractivity contribution is -0.782. The van der Waals surface area contributed by atoms with Gasteiger partial charge in [-0.15, -0.1) is 0 Å². The molecule has 1 saturated heterocycles. The molecule has 0 saturated carbocycles. The second-order valence-corrected chi connectivity index (χ2v) is 11.5. The number of quaternary nitrogens is 1. The fourth-order valence-electron chi connectivity index (χ4n) is 6.42. The highest BCUT2D eigenvalue weighted by atomic mass is 16.6. The van der Waals surface area contributed by atoms with Crippen molar-refractivity contribution in [2.45, 2.75) is 32.2 Å². The first-order chi connectivity index (χ1) is 21.0. The van der Waals surface area contributed by atoms with E-state index in [9.17, 15) is 9.59 Å². The molecule has 3 heterocycles. The van der Waals surface area contributed by atoms with Crippen LogP contribution in [-0.2, 0) is 11.2 Å². The third kappa shape index (κ3) is 5.06. The van der Waals surface area contributed by atoms with E-state index in [1.807, 2.05) is 73.7 Å². The van der Waals surface area contributed by atoms with Crippen LogP contribution in [0.3, 0.4) is 0 Å². The van der Waals surface area contributed by atoms with E-state index >= 15 is 0 Å². The number of aromatic nitrogens is 1. The number of ether oxygens (including phenoxy) is 2. The first-order valence-corrected chi connectivity index (χ1v) is 14.9. The number of anilines is 1. The van der Waals surface area contributed by atoms with Gasteiger partial charge in [-0.05, 0) is 71.6 Å². The zero-order valence-electron chi connectivity index (χ0n) is 24.1. The lowest BCUT2D eigenvalue weighted by atomic mass is 10.0. The summed E-state index contributed by atoms with van der Waals surface area (Å²) in [6.07, 6.45) is 1.95. The van der Waals surface area contributed by atoms with E-state index in [0.29, 0.717) is 25.4 Å². The van der Waals surface area contributed by atoms with Crippen molar-refractivity contribution in [3.05, 3.63) is 103 Å². The van der Waals surface area contributed by atoms with Crippen LogP contribution in [0.5, 0.6) is 11.5 Å². The highest BCUT2D eigenvalue weighted by Crippen LogP contribution is 2.36. The van der Waals surface area contributed by atoms with Crippen molar-refractivity contribution >= 4 is 28.5 Å². The van der Waals surface area contributed by atoms with Crippen molar-refractivity contribution in [1.29, 1.82) is 0 Å². The largest absolute Gasteiger partial charge is 0.486 e. The number of rotatable bonds is 5. The molecule has 5 aromatic rings. The van der Waals surface area contributed by atoms with Gasteiger partial charge in [-0.2, -0.15) is 4.48 Å². The predicted molar refractivity (Wildman–Crippen MR) is 168 cm³/mol. The molecule has 7 rings (SSSR count). The highest BCUT2D eigenvalue weighted by molar-refractivity contribution is 5.94. The molecule has 43 heavy (non-hydrogen) atoms. The number of amides is 3. The number of hydrogen-bond acceptors (Lipinski definition) is 4. The Morgan fingerprint density at radius 1 is 0.837 bits per heavy atom. The van der Waals surface area contributed by atoms with Crippen molar-refractivity contribution in [3.63, 3.8) is 0 Å². The molecular weight excluding hydrogens is 538 g/mol. The van der Waals surface area contributed by atoms with Gasteiger partial charge in [0.05, 0.1) is 13.0 Å². The molecular formula is C36H34N3O4+. The fraction of sp³-hybridized carbons (Fsp3) is 0.222. The standard InChI is InChI=1S/C36H33N3O4/c1-24-6-5-17-39(24,35(40)20-25-7-3-2-4-8-25)36(41)37-30-13-9-26(10-14-30)32-22-29-21-27(11-15-31(29)38-32)28-12-16-33-34(23-28)43-19-18-42-33/h2-4,7-16,21-24,38H,5-6,17-20H2,1H3/p+1/t24-,39?/m1/s1. The number of carbonyl (C=O) groups excluding carboxylic acids is 2. The molecule has 1 aromatic heterocycles. The number of likely N-dealkylation sites (tertiary alicyclic amines) is 1. The van der Waals surface area contributed by atoms with Crippen molar-refractivity contribution in [2.75, 3.05) is 25.1 Å². The van der Waals surface area contributed by atoms with Gasteiger partial charge in [0.15, 0.2) is 11.5 Å². The average molecular weight is 573 g/mol. The summed E-state index contributed by atoms with van der Waals surface area (Å²) in [5.41, 5.74) is 6.82. The Kier molecular flexibility index (Phi) is 6.95. The lowest BCUT2D eigenvalue weighted by Crippen LogP contribution is -2.61. The molecule has 2 N–H and O–H groups in total. The van der Waals surface area contributed by atoms with Gasteiger partial charge < -0.3 is 14.5 Å². The number of urea groups is 1. The lowest BCUT2D eigenvalue weighted by Gasteiger charge is -2.33. The Balaban J connectivity index is 1.09. The quantitative estimate of drug-likeness (QED) is 0.213. The number of imide groups is 1. The third-order valence-electron chi connectivity index (χ3n) is 8.83. The molecule has 3 amide bonds. The van der Waals surface area contributed by atoms with Crippen LogP contribution in [0, 0.1) is 0 Å². The van der Waals surface area contributed by atoms with Crippen LogP contribution in [-0.4, -0.2) is 47.2 Å². The molecule has 2 atom stereocenters. The van der Waals surface area contributed by atoms with Crippen LogP contribution in [0.2, 0.25) is 0 Å². The van der Waals surface area contributed by atoms with Crippen LogP contribution >= 0.6 is 0 Å². The summed E-state index contributed by atoms with van der Waals surface area (Å²) in [5, 5.41) is 4.16. The summed E-state index contributed by atoms with van der Waals surface area (Å²) in [6, 6.07) is 31.7. The number of carbonyl (C=O) groups is 2. The first-order valence-electron chi connectivity index (χ1n) is 14.9. The highest BCUT2D eigenvalue weighted by Gasteiger charge is 2.52. The number of hydrogen-bond donors (Lipinski definition) is 2. The van der Waals surface area contributed by atoms with Crippen molar-refractivity contribution in [2.24, 2.45) is 0 Å². The van der Waals surface area contributed by atoms with Gasteiger partial charge in [-0.1, -0.05) is 54.6 Å².